The summed E-state index contributed by atoms with van der Waals surface area (Å²) in [7, 11) is 0. The average molecular weight is 286 g/mol. The van der Waals surface area contributed by atoms with Crippen LogP contribution in [-0.4, -0.2) is 24.9 Å². The molecule has 0 aromatic heterocycles. The summed E-state index contributed by atoms with van der Waals surface area (Å²) in [6.07, 6.45) is 16.6. The second kappa shape index (κ2) is 17.0. The maximum Gasteiger partial charge on any atom is 0.0697 e. The van der Waals surface area contributed by atoms with E-state index in [1.807, 2.05) is 0 Å². The van der Waals surface area contributed by atoms with Crippen LogP contribution in [0.4, 0.5) is 0 Å². The maximum atomic E-state index is 8.56. The molecule has 0 radical (unpaired) electrons. The molecule has 122 valence electrons. The van der Waals surface area contributed by atoms with E-state index in [0.717, 1.165) is 18.9 Å². The average Bonchev–Trinajstić information content (AvgIpc) is 2.43. The van der Waals surface area contributed by atoms with E-state index in [4.69, 9.17) is 9.84 Å². The Hall–Kier alpha value is -0.0800. The Morgan fingerprint density at radius 1 is 0.650 bits per heavy atom. The van der Waals surface area contributed by atoms with Gasteiger partial charge in [0, 0.05) is 6.61 Å². The van der Waals surface area contributed by atoms with E-state index >= 15 is 0 Å². The Kier molecular flexibility index (Phi) is 16.9. The topological polar surface area (TPSA) is 29.5 Å². The highest BCUT2D eigenvalue weighted by atomic mass is 16.5. The standard InChI is InChI=1S/C18H38O2/c1-18(2)14-12-10-8-6-4-3-5-7-9-11-13-16-20-17-15-19/h18-19H,3-17H2,1-2H3. The summed E-state index contributed by atoms with van der Waals surface area (Å²) in [5.74, 6) is 0.879. The third kappa shape index (κ3) is 17.9. The van der Waals surface area contributed by atoms with Gasteiger partial charge in [-0.3, -0.25) is 0 Å². The highest BCUT2D eigenvalue weighted by molar-refractivity contribution is 4.50. The molecule has 2 nitrogen and oxygen atoms in total. The highest BCUT2D eigenvalue weighted by Gasteiger charge is 1.95. The van der Waals surface area contributed by atoms with Crippen LogP contribution in [0.25, 0.3) is 0 Å². The summed E-state index contributed by atoms with van der Waals surface area (Å²) in [6.45, 7) is 6.10. The van der Waals surface area contributed by atoms with E-state index in [9.17, 15) is 0 Å². The van der Waals surface area contributed by atoms with Crippen LogP contribution >= 0.6 is 0 Å². The minimum Gasteiger partial charge on any atom is -0.394 e. The third-order valence-electron chi connectivity index (χ3n) is 3.81. The lowest BCUT2D eigenvalue weighted by Crippen LogP contribution is -2.00. The van der Waals surface area contributed by atoms with Gasteiger partial charge in [-0.25, -0.2) is 0 Å². The Labute approximate surface area is 127 Å². The fraction of sp³-hybridized carbons (Fsp3) is 1.00. The number of aliphatic hydroxyl groups is 1. The Bertz CT molecular complexity index is 169. The van der Waals surface area contributed by atoms with Gasteiger partial charge in [0.1, 0.15) is 0 Å². The maximum absolute atomic E-state index is 8.56. The van der Waals surface area contributed by atoms with Gasteiger partial charge in [-0.1, -0.05) is 84.5 Å². The van der Waals surface area contributed by atoms with Crippen molar-refractivity contribution < 1.29 is 9.84 Å². The van der Waals surface area contributed by atoms with Crippen molar-refractivity contribution in [3.63, 3.8) is 0 Å². The highest BCUT2D eigenvalue weighted by Crippen LogP contribution is 2.13. The zero-order chi connectivity index (χ0) is 14.9. The number of aliphatic hydroxyl groups excluding tert-OH is 1. The molecule has 0 spiro atoms. The molecule has 0 aliphatic rings. The van der Waals surface area contributed by atoms with Crippen molar-refractivity contribution >= 4 is 0 Å². The van der Waals surface area contributed by atoms with Crippen molar-refractivity contribution in [1.29, 1.82) is 0 Å². The number of ether oxygens (including phenoxy) is 1. The molecule has 0 saturated carbocycles. The van der Waals surface area contributed by atoms with Crippen molar-refractivity contribution in [2.24, 2.45) is 5.92 Å². The Balaban J connectivity index is 2.92. The SMILES string of the molecule is CC(C)CCCCCCCCCCCCCOCCO. The van der Waals surface area contributed by atoms with E-state index in [1.54, 1.807) is 0 Å². The van der Waals surface area contributed by atoms with Gasteiger partial charge < -0.3 is 9.84 Å². The van der Waals surface area contributed by atoms with Crippen LogP contribution in [0.2, 0.25) is 0 Å². The zero-order valence-corrected chi connectivity index (χ0v) is 14.0. The molecule has 20 heavy (non-hydrogen) atoms. The second-order valence-electron chi connectivity index (χ2n) is 6.41. The Morgan fingerprint density at radius 2 is 1.10 bits per heavy atom. The molecule has 0 aromatic rings. The number of unbranched alkanes of at least 4 members (excludes halogenated alkanes) is 10. The van der Waals surface area contributed by atoms with E-state index in [2.05, 4.69) is 13.8 Å². The molecular formula is C18H38O2. The van der Waals surface area contributed by atoms with Crippen LogP contribution in [0.3, 0.4) is 0 Å². The number of rotatable bonds is 16. The molecule has 1 N–H and O–H groups in total. The third-order valence-corrected chi connectivity index (χ3v) is 3.81. The van der Waals surface area contributed by atoms with Gasteiger partial charge >= 0.3 is 0 Å². The van der Waals surface area contributed by atoms with Gasteiger partial charge in [0.25, 0.3) is 0 Å². The fourth-order valence-corrected chi connectivity index (χ4v) is 2.51. The molecule has 0 heterocycles. The van der Waals surface area contributed by atoms with Crippen LogP contribution in [0.15, 0.2) is 0 Å². The summed E-state index contributed by atoms with van der Waals surface area (Å²) in [5, 5.41) is 8.56. The van der Waals surface area contributed by atoms with Crippen molar-refractivity contribution in [2.45, 2.75) is 90.9 Å². The second-order valence-corrected chi connectivity index (χ2v) is 6.41. The molecule has 0 amide bonds. The number of hydrogen-bond acceptors (Lipinski definition) is 2. The molecule has 0 unspecified atom stereocenters. The molecular weight excluding hydrogens is 248 g/mol. The first-order valence-electron chi connectivity index (χ1n) is 8.96. The van der Waals surface area contributed by atoms with Crippen LogP contribution < -0.4 is 0 Å². The van der Waals surface area contributed by atoms with E-state index in [0.29, 0.717) is 6.61 Å². The monoisotopic (exact) mass is 286 g/mol. The van der Waals surface area contributed by atoms with Crippen LogP contribution in [0.1, 0.15) is 90.9 Å². The quantitative estimate of drug-likeness (QED) is 0.388. The summed E-state index contributed by atoms with van der Waals surface area (Å²) >= 11 is 0. The predicted molar refractivity (Wildman–Crippen MR) is 88.1 cm³/mol. The van der Waals surface area contributed by atoms with Gasteiger partial charge in [0.05, 0.1) is 13.2 Å². The lowest BCUT2D eigenvalue weighted by atomic mass is 10.0. The molecule has 0 aromatic carbocycles. The van der Waals surface area contributed by atoms with Crippen molar-refractivity contribution in [3.05, 3.63) is 0 Å². The molecule has 0 atom stereocenters. The minimum atomic E-state index is 0.150. The van der Waals surface area contributed by atoms with E-state index in [1.165, 1.54) is 70.6 Å². The number of hydrogen-bond donors (Lipinski definition) is 1. The fourth-order valence-electron chi connectivity index (χ4n) is 2.51. The van der Waals surface area contributed by atoms with Gasteiger partial charge in [-0.2, -0.15) is 0 Å². The summed E-state index contributed by atoms with van der Waals surface area (Å²) in [5.41, 5.74) is 0. The van der Waals surface area contributed by atoms with Crippen LogP contribution in [0.5, 0.6) is 0 Å². The largest absolute Gasteiger partial charge is 0.394 e. The minimum absolute atomic E-state index is 0.150. The summed E-state index contributed by atoms with van der Waals surface area (Å²) < 4.78 is 5.24. The van der Waals surface area contributed by atoms with Crippen LogP contribution in [0, 0.1) is 5.92 Å². The lowest BCUT2D eigenvalue weighted by molar-refractivity contribution is 0.0895. The zero-order valence-electron chi connectivity index (χ0n) is 14.0. The molecule has 0 rings (SSSR count). The first-order valence-corrected chi connectivity index (χ1v) is 8.96. The summed E-state index contributed by atoms with van der Waals surface area (Å²) in [4.78, 5) is 0. The molecule has 0 aliphatic heterocycles. The van der Waals surface area contributed by atoms with Crippen molar-refractivity contribution in [3.8, 4) is 0 Å². The molecule has 0 aliphatic carbocycles. The van der Waals surface area contributed by atoms with Gasteiger partial charge in [-0.05, 0) is 12.3 Å². The first kappa shape index (κ1) is 19.9. The predicted octanol–water partition coefficient (Wildman–Crippen LogP) is 5.33. The first-order chi connectivity index (χ1) is 9.77. The molecule has 0 fully saturated rings. The molecule has 0 bridgehead atoms. The molecule has 0 saturated heterocycles. The van der Waals surface area contributed by atoms with Gasteiger partial charge in [0.2, 0.25) is 0 Å². The van der Waals surface area contributed by atoms with Crippen molar-refractivity contribution in [2.75, 3.05) is 19.8 Å². The van der Waals surface area contributed by atoms with Crippen molar-refractivity contribution in [1.82, 2.24) is 0 Å². The van der Waals surface area contributed by atoms with E-state index in [-0.39, 0.29) is 6.61 Å². The molecule has 2 heteroatoms. The normalized spacial score (nSPS) is 11.4. The van der Waals surface area contributed by atoms with E-state index < -0.39 is 0 Å². The smallest absolute Gasteiger partial charge is 0.0697 e. The van der Waals surface area contributed by atoms with Gasteiger partial charge in [0.15, 0.2) is 0 Å². The summed E-state index contributed by atoms with van der Waals surface area (Å²) in [6, 6.07) is 0. The van der Waals surface area contributed by atoms with Crippen LogP contribution in [-0.2, 0) is 4.74 Å². The lowest BCUT2D eigenvalue weighted by Gasteiger charge is -2.05. The van der Waals surface area contributed by atoms with Gasteiger partial charge in [-0.15, -0.1) is 0 Å². The Morgan fingerprint density at radius 3 is 1.55 bits per heavy atom.